The Morgan fingerprint density at radius 1 is 1.29 bits per heavy atom. The monoisotopic (exact) mass is 324 g/mol. The summed E-state index contributed by atoms with van der Waals surface area (Å²) in [4.78, 5) is 11.3. The van der Waals surface area contributed by atoms with Crippen LogP contribution in [0.1, 0.15) is 0 Å². The minimum Gasteiger partial charge on any atom is -0.463 e. The summed E-state index contributed by atoms with van der Waals surface area (Å²) in [7, 11) is 0. The average Bonchev–Trinajstić information content (AvgIpc) is 2.21. The molecule has 0 saturated heterocycles. The van der Waals surface area contributed by atoms with Crippen LogP contribution in [0.2, 0.25) is 0 Å². The van der Waals surface area contributed by atoms with Gasteiger partial charge in [0.05, 0.1) is 10.3 Å². The second-order valence-electron chi connectivity index (χ2n) is 3.12. The lowest BCUT2D eigenvalue weighted by Gasteiger charge is -2.05. The maximum Gasteiger partial charge on any atom is 0.446 e. The van der Waals surface area contributed by atoms with Crippen molar-refractivity contribution < 1.29 is 17.6 Å². The van der Waals surface area contributed by atoms with Crippen LogP contribution in [-0.4, -0.2) is 5.51 Å². The van der Waals surface area contributed by atoms with E-state index < -0.39 is 27.6 Å². The molecule has 0 bridgehead atoms. The van der Waals surface area contributed by atoms with E-state index >= 15 is 0 Å². The maximum absolute atomic E-state index is 12.2. The third kappa shape index (κ3) is 2.84. The van der Waals surface area contributed by atoms with E-state index in [0.717, 1.165) is 6.26 Å². The van der Waals surface area contributed by atoms with Crippen molar-refractivity contribution in [1.82, 2.24) is 0 Å². The summed E-state index contributed by atoms with van der Waals surface area (Å²) in [5.74, 6) is 0. The van der Waals surface area contributed by atoms with Gasteiger partial charge in [-0.15, -0.1) is 0 Å². The highest BCUT2D eigenvalue weighted by Gasteiger charge is 2.31. The first-order chi connectivity index (χ1) is 7.87. The number of halogens is 4. The molecule has 0 aliphatic heterocycles. The van der Waals surface area contributed by atoms with E-state index in [4.69, 9.17) is 4.42 Å². The first-order valence-corrected chi connectivity index (χ1v) is 5.94. The molecule has 0 atom stereocenters. The van der Waals surface area contributed by atoms with Crippen molar-refractivity contribution in [2.24, 2.45) is 0 Å². The van der Waals surface area contributed by atoms with Gasteiger partial charge in [-0.1, -0.05) is 15.9 Å². The van der Waals surface area contributed by atoms with Crippen LogP contribution < -0.4 is 5.43 Å². The molecular weight excluding hydrogens is 321 g/mol. The van der Waals surface area contributed by atoms with Gasteiger partial charge in [-0.25, -0.2) is 0 Å². The molecule has 0 amide bonds. The number of hydrogen-bond donors (Lipinski definition) is 0. The third-order valence-electron chi connectivity index (χ3n) is 1.93. The van der Waals surface area contributed by atoms with Gasteiger partial charge in [-0.3, -0.25) is 4.79 Å². The number of rotatable bonds is 1. The van der Waals surface area contributed by atoms with Crippen molar-refractivity contribution in [3.8, 4) is 0 Å². The van der Waals surface area contributed by atoms with Crippen LogP contribution in [0.4, 0.5) is 13.2 Å². The normalized spacial score (nSPS) is 12.0. The van der Waals surface area contributed by atoms with Crippen LogP contribution in [0.3, 0.4) is 0 Å². The Balaban J connectivity index is 2.61. The molecule has 0 unspecified atom stereocenters. The van der Waals surface area contributed by atoms with Crippen molar-refractivity contribution in [2.45, 2.75) is 10.4 Å². The lowest BCUT2D eigenvalue weighted by atomic mass is 10.2. The lowest BCUT2D eigenvalue weighted by molar-refractivity contribution is -0.0329. The second-order valence-corrected chi connectivity index (χ2v) is 5.14. The molecule has 2 nitrogen and oxygen atoms in total. The molecule has 90 valence electrons. The summed E-state index contributed by atoms with van der Waals surface area (Å²) in [5.41, 5.74) is -4.94. The highest BCUT2D eigenvalue weighted by molar-refractivity contribution is 9.10. The molecule has 0 radical (unpaired) electrons. The molecule has 1 aromatic carbocycles. The molecule has 0 N–H and O–H groups in total. The number of thioether (sulfide) groups is 1. The third-order valence-corrected chi connectivity index (χ3v) is 3.15. The molecule has 1 heterocycles. The zero-order valence-electron chi connectivity index (χ0n) is 8.05. The molecule has 7 heteroatoms. The Hall–Kier alpha value is -0.950. The van der Waals surface area contributed by atoms with Crippen LogP contribution in [0.15, 0.2) is 43.0 Å². The van der Waals surface area contributed by atoms with E-state index in [9.17, 15) is 18.0 Å². The molecule has 1 aromatic heterocycles. The van der Waals surface area contributed by atoms with E-state index in [1.54, 1.807) is 6.07 Å². The summed E-state index contributed by atoms with van der Waals surface area (Å²) in [6, 6.07) is 4.59. The molecule has 17 heavy (non-hydrogen) atoms. The van der Waals surface area contributed by atoms with Crippen molar-refractivity contribution in [3.63, 3.8) is 0 Å². The fraction of sp³-hybridized carbons (Fsp3) is 0.100. The Morgan fingerprint density at radius 2 is 2.00 bits per heavy atom. The summed E-state index contributed by atoms with van der Waals surface area (Å²) in [6.07, 6.45) is 0.830. The minimum atomic E-state index is -4.51. The van der Waals surface area contributed by atoms with Gasteiger partial charge in [-0.05, 0) is 30.0 Å². The smallest absolute Gasteiger partial charge is 0.446 e. The van der Waals surface area contributed by atoms with Crippen LogP contribution >= 0.6 is 27.7 Å². The van der Waals surface area contributed by atoms with E-state index in [0.29, 0.717) is 4.47 Å². The van der Waals surface area contributed by atoms with Gasteiger partial charge >= 0.3 is 5.51 Å². The largest absolute Gasteiger partial charge is 0.463 e. The Kier molecular flexibility index (Phi) is 3.22. The van der Waals surface area contributed by atoms with Gasteiger partial charge in [0.25, 0.3) is 0 Å². The van der Waals surface area contributed by atoms with E-state index in [1.165, 1.54) is 12.1 Å². The topological polar surface area (TPSA) is 30.2 Å². The summed E-state index contributed by atoms with van der Waals surface area (Å²) >= 11 is 2.67. The first kappa shape index (κ1) is 12.5. The van der Waals surface area contributed by atoms with Gasteiger partial charge in [0.2, 0.25) is 5.43 Å². The Morgan fingerprint density at radius 3 is 2.65 bits per heavy atom. The van der Waals surface area contributed by atoms with Crippen LogP contribution in [0.5, 0.6) is 0 Å². The fourth-order valence-corrected chi connectivity index (χ4v) is 2.19. The van der Waals surface area contributed by atoms with Crippen LogP contribution in [0, 0.1) is 0 Å². The summed E-state index contributed by atoms with van der Waals surface area (Å²) < 4.78 is 42.1. The first-order valence-electron chi connectivity index (χ1n) is 4.33. The molecule has 0 spiro atoms. The standard InChI is InChI=1S/C10H4BrF3O2S/c11-5-1-2-7-6(3-5)9(15)8(4-16-7)17-10(12,13)14/h1-4H. The molecule has 2 aromatic rings. The van der Waals surface area contributed by atoms with Crippen molar-refractivity contribution in [1.29, 1.82) is 0 Å². The zero-order valence-corrected chi connectivity index (χ0v) is 10.4. The molecule has 0 aliphatic carbocycles. The second kappa shape index (κ2) is 4.38. The van der Waals surface area contributed by atoms with E-state index in [1.807, 2.05) is 0 Å². The molecule has 0 fully saturated rings. The summed E-state index contributed by atoms with van der Waals surface area (Å²) in [6.45, 7) is 0. The predicted octanol–water partition coefficient (Wildman–Crippen LogP) is 4.17. The van der Waals surface area contributed by atoms with Gasteiger partial charge in [0, 0.05) is 4.47 Å². The average molecular weight is 325 g/mol. The molecule has 0 saturated carbocycles. The summed E-state index contributed by atoms with van der Waals surface area (Å²) in [5, 5.41) is 0.119. The van der Waals surface area contributed by atoms with Gasteiger partial charge in [-0.2, -0.15) is 13.2 Å². The number of hydrogen-bond acceptors (Lipinski definition) is 3. The predicted molar refractivity (Wildman–Crippen MR) is 62.1 cm³/mol. The lowest BCUT2D eigenvalue weighted by Crippen LogP contribution is -2.09. The SMILES string of the molecule is O=c1c(SC(F)(F)F)coc2ccc(Br)cc12. The fourth-order valence-electron chi connectivity index (χ4n) is 1.28. The van der Waals surface area contributed by atoms with Crippen molar-refractivity contribution in [2.75, 3.05) is 0 Å². The molecular formula is C10H4BrF3O2S. The number of alkyl halides is 3. The van der Waals surface area contributed by atoms with E-state index in [2.05, 4.69) is 15.9 Å². The van der Waals surface area contributed by atoms with Gasteiger partial charge < -0.3 is 4.42 Å². The Labute approximate surface area is 106 Å². The number of benzene rings is 1. The minimum absolute atomic E-state index is 0.119. The molecule has 0 aliphatic rings. The molecule has 2 rings (SSSR count). The van der Waals surface area contributed by atoms with Gasteiger partial charge in [0.15, 0.2) is 0 Å². The number of fused-ring (bicyclic) bond motifs is 1. The van der Waals surface area contributed by atoms with Crippen LogP contribution in [-0.2, 0) is 0 Å². The van der Waals surface area contributed by atoms with Crippen molar-refractivity contribution in [3.05, 3.63) is 39.2 Å². The highest BCUT2D eigenvalue weighted by Crippen LogP contribution is 2.35. The van der Waals surface area contributed by atoms with Crippen LogP contribution in [0.25, 0.3) is 11.0 Å². The van der Waals surface area contributed by atoms with Crippen molar-refractivity contribution >= 4 is 38.7 Å². The maximum atomic E-state index is 12.2. The van der Waals surface area contributed by atoms with E-state index in [-0.39, 0.29) is 11.0 Å². The quantitative estimate of drug-likeness (QED) is 0.737. The van der Waals surface area contributed by atoms with Gasteiger partial charge in [0.1, 0.15) is 11.8 Å². The highest BCUT2D eigenvalue weighted by atomic mass is 79.9. The Bertz CT molecular complexity index is 621. The zero-order chi connectivity index (χ0) is 12.6.